The van der Waals surface area contributed by atoms with Gasteiger partial charge < -0.3 is 25.1 Å². The Kier molecular flexibility index (Phi) is 6.91. The molecule has 2 aromatic heterocycles. The van der Waals surface area contributed by atoms with Gasteiger partial charge in [-0.3, -0.25) is 9.59 Å². The Hall–Kier alpha value is -3.62. The van der Waals surface area contributed by atoms with Crippen molar-refractivity contribution >= 4 is 34.2 Å². The van der Waals surface area contributed by atoms with E-state index in [2.05, 4.69) is 34.0 Å². The number of imidazole rings is 1. The van der Waals surface area contributed by atoms with Crippen molar-refractivity contribution in [2.45, 2.75) is 45.7 Å². The molecule has 0 aliphatic carbocycles. The van der Waals surface area contributed by atoms with E-state index in [-0.39, 0.29) is 17.5 Å². The zero-order valence-corrected chi connectivity index (χ0v) is 23.1. The first-order chi connectivity index (χ1) is 18.9. The molecule has 4 aromatic rings. The first kappa shape index (κ1) is 25.6. The average molecular weight is 545 g/mol. The SMILES string of the molecule is Cc1ccc(Cl)cc1CC(C)Nc1cc[nH]c(=O)c1-c1nc2cc3c(cc2[nH]1)CN(CCN1CCCC1)C3=O. The molecule has 1 atom stereocenters. The van der Waals surface area contributed by atoms with Gasteiger partial charge in [0.25, 0.3) is 11.5 Å². The molecule has 0 bridgehead atoms. The number of aromatic amines is 2. The molecule has 0 radical (unpaired) electrons. The molecule has 1 saturated heterocycles. The molecule has 39 heavy (non-hydrogen) atoms. The molecule has 0 saturated carbocycles. The highest BCUT2D eigenvalue weighted by Gasteiger charge is 2.29. The number of benzene rings is 2. The van der Waals surface area contributed by atoms with Gasteiger partial charge >= 0.3 is 0 Å². The number of pyridine rings is 1. The van der Waals surface area contributed by atoms with Crippen molar-refractivity contribution < 1.29 is 4.79 Å². The molecule has 3 N–H and O–H groups in total. The predicted molar refractivity (Wildman–Crippen MR) is 156 cm³/mol. The monoisotopic (exact) mass is 544 g/mol. The fourth-order valence-electron chi connectivity index (χ4n) is 5.79. The third-order valence-electron chi connectivity index (χ3n) is 7.91. The summed E-state index contributed by atoms with van der Waals surface area (Å²) in [5, 5.41) is 4.21. The van der Waals surface area contributed by atoms with E-state index in [0.717, 1.165) is 49.2 Å². The summed E-state index contributed by atoms with van der Waals surface area (Å²) in [6.07, 6.45) is 4.88. The Morgan fingerprint density at radius 1 is 1.10 bits per heavy atom. The summed E-state index contributed by atoms with van der Waals surface area (Å²) >= 11 is 6.22. The van der Waals surface area contributed by atoms with E-state index >= 15 is 0 Å². The molecule has 2 aromatic carbocycles. The standard InChI is InChI=1S/C30H33ClN6O2/c1-18-5-6-22(31)14-20(18)13-19(2)33-24-7-8-32-29(38)27(24)28-34-25-15-21-17-37(12-11-36-9-3-4-10-36)30(39)23(21)16-26(25)35-28/h5-8,14-16,19H,3-4,9-13,17H2,1-2H3,(H,34,35)(H2,32,33,38). The highest BCUT2D eigenvalue weighted by Crippen LogP contribution is 2.30. The van der Waals surface area contributed by atoms with Crippen molar-refractivity contribution in [1.29, 1.82) is 0 Å². The van der Waals surface area contributed by atoms with Crippen molar-refractivity contribution in [2.75, 3.05) is 31.5 Å². The van der Waals surface area contributed by atoms with Gasteiger partial charge in [0.1, 0.15) is 11.4 Å². The third-order valence-corrected chi connectivity index (χ3v) is 8.14. The van der Waals surface area contributed by atoms with Gasteiger partial charge in [-0.15, -0.1) is 0 Å². The number of nitrogens with zero attached hydrogens (tertiary/aromatic N) is 3. The normalized spacial score (nSPS) is 16.3. The Morgan fingerprint density at radius 3 is 2.74 bits per heavy atom. The fraction of sp³-hybridized carbons (Fsp3) is 0.367. The van der Waals surface area contributed by atoms with E-state index in [9.17, 15) is 9.59 Å². The molecule has 8 nitrogen and oxygen atoms in total. The maximum absolute atomic E-state index is 13.1. The van der Waals surface area contributed by atoms with E-state index in [4.69, 9.17) is 16.6 Å². The number of amides is 1. The Balaban J connectivity index is 1.24. The van der Waals surface area contributed by atoms with Crippen molar-refractivity contribution in [3.05, 3.63) is 80.2 Å². The lowest BCUT2D eigenvalue weighted by atomic mass is 10.0. The van der Waals surface area contributed by atoms with Crippen LogP contribution in [0, 0.1) is 6.92 Å². The second-order valence-corrected chi connectivity index (χ2v) is 11.2. The number of H-pyrrole nitrogens is 2. The molecule has 2 aliphatic heterocycles. The van der Waals surface area contributed by atoms with Crippen molar-refractivity contribution in [3.8, 4) is 11.4 Å². The van der Waals surface area contributed by atoms with Crippen LogP contribution in [0.25, 0.3) is 22.4 Å². The van der Waals surface area contributed by atoms with Gasteiger partial charge in [0, 0.05) is 42.5 Å². The maximum Gasteiger partial charge on any atom is 0.261 e. The second kappa shape index (κ2) is 10.5. The van der Waals surface area contributed by atoms with Gasteiger partial charge in [0.05, 0.1) is 16.7 Å². The minimum absolute atomic E-state index is 0.0417. The van der Waals surface area contributed by atoms with E-state index < -0.39 is 0 Å². The maximum atomic E-state index is 13.1. The zero-order chi connectivity index (χ0) is 27.1. The summed E-state index contributed by atoms with van der Waals surface area (Å²) in [7, 11) is 0. The number of carbonyl (C=O) groups is 1. The summed E-state index contributed by atoms with van der Waals surface area (Å²) in [5.74, 6) is 0.531. The fourth-order valence-corrected chi connectivity index (χ4v) is 5.98. The Labute approximate surface area is 232 Å². The largest absolute Gasteiger partial charge is 0.381 e. The van der Waals surface area contributed by atoms with Crippen LogP contribution < -0.4 is 10.9 Å². The van der Waals surface area contributed by atoms with Gasteiger partial charge in [-0.2, -0.15) is 0 Å². The molecule has 1 unspecified atom stereocenters. The molecule has 0 spiro atoms. The highest BCUT2D eigenvalue weighted by molar-refractivity contribution is 6.30. The number of aryl methyl sites for hydroxylation is 1. The van der Waals surface area contributed by atoms with Crippen LogP contribution in [0.3, 0.4) is 0 Å². The van der Waals surface area contributed by atoms with E-state index in [0.29, 0.717) is 39.7 Å². The topological polar surface area (TPSA) is 97.1 Å². The second-order valence-electron chi connectivity index (χ2n) is 10.8. The minimum Gasteiger partial charge on any atom is -0.381 e. The number of carbonyl (C=O) groups excluding carboxylic acids is 1. The lowest BCUT2D eigenvalue weighted by molar-refractivity contribution is 0.0763. The van der Waals surface area contributed by atoms with Crippen LogP contribution in [0.4, 0.5) is 5.69 Å². The smallest absolute Gasteiger partial charge is 0.261 e. The van der Waals surface area contributed by atoms with Gasteiger partial charge in [-0.05, 0) is 93.2 Å². The number of halogens is 1. The number of hydrogen-bond donors (Lipinski definition) is 3. The molecule has 202 valence electrons. The van der Waals surface area contributed by atoms with Gasteiger partial charge in [-0.1, -0.05) is 17.7 Å². The van der Waals surface area contributed by atoms with Crippen molar-refractivity contribution in [1.82, 2.24) is 24.8 Å². The van der Waals surface area contributed by atoms with Crippen LogP contribution in [0.15, 0.2) is 47.4 Å². The van der Waals surface area contributed by atoms with E-state index in [1.807, 2.05) is 41.3 Å². The lowest BCUT2D eigenvalue weighted by Crippen LogP contribution is -2.33. The highest BCUT2D eigenvalue weighted by atomic mass is 35.5. The van der Waals surface area contributed by atoms with Crippen molar-refractivity contribution in [3.63, 3.8) is 0 Å². The molecule has 2 aliphatic rings. The Bertz CT molecular complexity index is 1600. The number of nitrogens with one attached hydrogen (secondary N) is 3. The van der Waals surface area contributed by atoms with Crippen LogP contribution in [-0.4, -0.2) is 62.9 Å². The number of likely N-dealkylation sites (tertiary alicyclic amines) is 1. The van der Waals surface area contributed by atoms with E-state index in [1.54, 1.807) is 6.20 Å². The van der Waals surface area contributed by atoms with Crippen LogP contribution in [0.1, 0.15) is 46.8 Å². The van der Waals surface area contributed by atoms with Crippen molar-refractivity contribution in [2.24, 2.45) is 0 Å². The number of anilines is 1. The summed E-state index contributed by atoms with van der Waals surface area (Å²) < 4.78 is 0. The quantitative estimate of drug-likeness (QED) is 0.291. The first-order valence-corrected chi connectivity index (χ1v) is 14.0. The summed E-state index contributed by atoms with van der Waals surface area (Å²) in [6, 6.07) is 11.7. The molecular weight excluding hydrogens is 512 g/mol. The zero-order valence-electron chi connectivity index (χ0n) is 22.3. The van der Waals surface area contributed by atoms with Crippen LogP contribution >= 0.6 is 11.6 Å². The molecule has 1 fully saturated rings. The molecule has 4 heterocycles. The summed E-state index contributed by atoms with van der Waals surface area (Å²) in [6.45, 7) is 8.66. The van der Waals surface area contributed by atoms with Gasteiger partial charge in [-0.25, -0.2) is 4.98 Å². The Morgan fingerprint density at radius 2 is 1.92 bits per heavy atom. The third kappa shape index (κ3) is 5.18. The number of fused-ring (bicyclic) bond motifs is 2. The van der Waals surface area contributed by atoms with Crippen LogP contribution in [-0.2, 0) is 13.0 Å². The lowest BCUT2D eigenvalue weighted by Gasteiger charge is -2.20. The minimum atomic E-state index is -0.234. The average Bonchev–Trinajstić information content (AvgIpc) is 3.63. The predicted octanol–water partition coefficient (Wildman–Crippen LogP) is 4.97. The summed E-state index contributed by atoms with van der Waals surface area (Å²) in [4.78, 5) is 41.4. The number of rotatable bonds is 8. The molecule has 1 amide bonds. The number of aromatic nitrogens is 3. The van der Waals surface area contributed by atoms with E-state index in [1.165, 1.54) is 18.4 Å². The molecule has 9 heteroatoms. The van der Waals surface area contributed by atoms with Crippen LogP contribution in [0.2, 0.25) is 5.02 Å². The van der Waals surface area contributed by atoms with Gasteiger partial charge in [0.2, 0.25) is 0 Å². The van der Waals surface area contributed by atoms with Gasteiger partial charge in [0.15, 0.2) is 0 Å². The number of hydrogen-bond acceptors (Lipinski definition) is 5. The molecule has 6 rings (SSSR count). The first-order valence-electron chi connectivity index (χ1n) is 13.6. The van der Waals surface area contributed by atoms with Crippen LogP contribution in [0.5, 0.6) is 0 Å². The summed E-state index contributed by atoms with van der Waals surface area (Å²) in [5.41, 5.74) is 6.43. The molecular formula is C30H33ClN6O2.